The summed E-state index contributed by atoms with van der Waals surface area (Å²) in [6, 6.07) is 0. The molecule has 4 aliphatic rings. The average Bonchev–Trinajstić information content (AvgIpc) is 3.00. The van der Waals surface area contributed by atoms with E-state index in [1.165, 1.54) is 0 Å². The van der Waals surface area contributed by atoms with Gasteiger partial charge in [-0.05, 0) is 25.2 Å². The number of aliphatic hydroxyl groups is 1. The summed E-state index contributed by atoms with van der Waals surface area (Å²) >= 11 is 0. The van der Waals surface area contributed by atoms with Crippen LogP contribution < -0.4 is 0 Å². The van der Waals surface area contributed by atoms with E-state index in [9.17, 15) is 9.90 Å². The first kappa shape index (κ1) is 10.5. The van der Waals surface area contributed by atoms with Gasteiger partial charge in [0.2, 0.25) is 0 Å². The van der Waals surface area contributed by atoms with Gasteiger partial charge in [-0.25, -0.2) is 0 Å². The first-order valence-corrected chi connectivity index (χ1v) is 6.70. The summed E-state index contributed by atoms with van der Waals surface area (Å²) in [6.07, 6.45) is 3.60. The van der Waals surface area contributed by atoms with E-state index in [1.54, 1.807) is 0 Å². The van der Waals surface area contributed by atoms with Crippen molar-refractivity contribution in [2.24, 2.45) is 17.3 Å². The Balaban J connectivity index is 1.88. The molecule has 4 fully saturated rings. The first-order chi connectivity index (χ1) is 8.21. The molecular weight excluding hydrogens is 220 g/mol. The van der Waals surface area contributed by atoms with Crippen LogP contribution in [0.15, 0.2) is 0 Å². The van der Waals surface area contributed by atoms with Gasteiger partial charge in [-0.1, -0.05) is 0 Å². The molecule has 4 nitrogen and oxygen atoms in total. The molecule has 1 N–H and O–H groups in total. The maximum absolute atomic E-state index is 12.5. The third-order valence-corrected chi connectivity index (χ3v) is 5.57. The Morgan fingerprint density at radius 2 is 2.00 bits per heavy atom. The van der Waals surface area contributed by atoms with Gasteiger partial charge in [0, 0.05) is 18.8 Å². The topological polar surface area (TPSA) is 55.8 Å². The van der Waals surface area contributed by atoms with E-state index in [1.807, 2.05) is 0 Å². The molecule has 2 spiro atoms. The molecule has 4 atom stereocenters. The largest absolute Gasteiger partial charge is 0.393 e. The molecule has 0 radical (unpaired) electrons. The molecule has 4 heteroatoms. The summed E-state index contributed by atoms with van der Waals surface area (Å²) in [5.41, 5.74) is -0.511. The molecule has 1 saturated heterocycles. The van der Waals surface area contributed by atoms with Gasteiger partial charge in [0.05, 0.1) is 24.7 Å². The SMILES string of the molecule is O=C1CC[C@H]2C[C@H](O)[C@@H]3CCC4(OCCO4)C123. The molecule has 1 aliphatic heterocycles. The van der Waals surface area contributed by atoms with E-state index in [2.05, 4.69) is 0 Å². The lowest BCUT2D eigenvalue weighted by molar-refractivity contribution is -0.228. The summed E-state index contributed by atoms with van der Waals surface area (Å²) in [6.45, 7) is 1.18. The van der Waals surface area contributed by atoms with E-state index < -0.39 is 11.2 Å². The molecule has 0 amide bonds. The van der Waals surface area contributed by atoms with Crippen LogP contribution in [0.1, 0.15) is 32.1 Å². The fourth-order valence-electron chi connectivity index (χ4n) is 5.16. The van der Waals surface area contributed by atoms with Crippen LogP contribution in [-0.2, 0) is 14.3 Å². The number of hydrogen-bond donors (Lipinski definition) is 1. The molecule has 17 heavy (non-hydrogen) atoms. The van der Waals surface area contributed by atoms with Gasteiger partial charge in [0.1, 0.15) is 5.78 Å². The van der Waals surface area contributed by atoms with Crippen molar-refractivity contribution in [2.45, 2.75) is 44.0 Å². The number of rotatable bonds is 0. The Morgan fingerprint density at radius 3 is 2.76 bits per heavy atom. The Kier molecular flexibility index (Phi) is 1.91. The van der Waals surface area contributed by atoms with Crippen LogP contribution >= 0.6 is 0 Å². The van der Waals surface area contributed by atoms with Crippen molar-refractivity contribution in [1.82, 2.24) is 0 Å². The maximum atomic E-state index is 12.5. The molecule has 3 saturated carbocycles. The van der Waals surface area contributed by atoms with Crippen molar-refractivity contribution in [2.75, 3.05) is 13.2 Å². The molecule has 3 aliphatic carbocycles. The monoisotopic (exact) mass is 238 g/mol. The highest BCUT2D eigenvalue weighted by Crippen LogP contribution is 2.68. The smallest absolute Gasteiger partial charge is 0.181 e. The standard InChI is InChI=1S/C13H18O4/c14-10-7-8-1-2-11(15)13(8)9(10)3-4-12(13)16-5-6-17-12/h8-10,14H,1-7H2/t8-,9-,10-,13?/m0/s1. The zero-order valence-electron chi connectivity index (χ0n) is 9.85. The predicted molar refractivity (Wildman–Crippen MR) is 58.1 cm³/mol. The highest BCUT2D eigenvalue weighted by Gasteiger charge is 2.76. The minimum Gasteiger partial charge on any atom is -0.393 e. The highest BCUT2D eigenvalue weighted by atomic mass is 16.7. The molecule has 1 unspecified atom stereocenters. The molecule has 0 aromatic heterocycles. The second kappa shape index (κ2) is 3.11. The molecular formula is C13H18O4. The number of hydrogen-bond acceptors (Lipinski definition) is 4. The van der Waals surface area contributed by atoms with Crippen molar-refractivity contribution in [1.29, 1.82) is 0 Å². The summed E-state index contributed by atoms with van der Waals surface area (Å²) in [5, 5.41) is 10.2. The maximum Gasteiger partial charge on any atom is 0.181 e. The molecule has 0 aromatic carbocycles. The lowest BCUT2D eigenvalue weighted by atomic mass is 9.71. The van der Waals surface area contributed by atoms with Gasteiger partial charge in [-0.3, -0.25) is 4.79 Å². The van der Waals surface area contributed by atoms with Crippen molar-refractivity contribution in [3.05, 3.63) is 0 Å². The minimum atomic E-state index is -0.687. The van der Waals surface area contributed by atoms with E-state index in [-0.39, 0.29) is 23.7 Å². The van der Waals surface area contributed by atoms with Crippen LogP contribution in [0.5, 0.6) is 0 Å². The van der Waals surface area contributed by atoms with Crippen LogP contribution in [0, 0.1) is 17.3 Å². The van der Waals surface area contributed by atoms with Crippen molar-refractivity contribution >= 4 is 5.78 Å². The number of ketones is 1. The van der Waals surface area contributed by atoms with Gasteiger partial charge in [-0.2, -0.15) is 0 Å². The second-order valence-electron chi connectivity index (χ2n) is 5.93. The van der Waals surface area contributed by atoms with Crippen LogP contribution in [0.25, 0.3) is 0 Å². The van der Waals surface area contributed by atoms with E-state index in [4.69, 9.17) is 9.47 Å². The zero-order chi connectivity index (χ0) is 11.7. The van der Waals surface area contributed by atoms with Gasteiger partial charge in [0.15, 0.2) is 5.79 Å². The van der Waals surface area contributed by atoms with Crippen molar-refractivity contribution < 1.29 is 19.4 Å². The van der Waals surface area contributed by atoms with Crippen molar-refractivity contribution in [3.63, 3.8) is 0 Å². The summed E-state index contributed by atoms with van der Waals surface area (Å²) in [5.74, 6) is -0.0624. The normalized spacial score (nSPS) is 51.1. The van der Waals surface area contributed by atoms with E-state index in [0.717, 1.165) is 25.7 Å². The number of carbonyl (C=O) groups excluding carboxylic acids is 1. The molecule has 0 bridgehead atoms. The number of ether oxygens (including phenoxy) is 2. The molecule has 94 valence electrons. The Bertz CT molecular complexity index is 374. The lowest BCUT2D eigenvalue weighted by Gasteiger charge is -2.41. The Morgan fingerprint density at radius 1 is 1.24 bits per heavy atom. The van der Waals surface area contributed by atoms with Crippen LogP contribution in [0.2, 0.25) is 0 Å². The van der Waals surface area contributed by atoms with Crippen molar-refractivity contribution in [3.8, 4) is 0 Å². The molecule has 1 heterocycles. The predicted octanol–water partition coefficient (Wildman–Crippen LogP) is 0.870. The average molecular weight is 238 g/mol. The number of aliphatic hydroxyl groups excluding tert-OH is 1. The van der Waals surface area contributed by atoms with Gasteiger partial charge < -0.3 is 14.6 Å². The minimum absolute atomic E-state index is 0.0700. The summed E-state index contributed by atoms with van der Waals surface area (Å²) in [4.78, 5) is 12.5. The van der Waals surface area contributed by atoms with Crippen LogP contribution in [-0.4, -0.2) is 36.0 Å². The first-order valence-electron chi connectivity index (χ1n) is 6.70. The van der Waals surface area contributed by atoms with E-state index >= 15 is 0 Å². The third kappa shape index (κ3) is 0.959. The fraction of sp³-hybridized carbons (Fsp3) is 0.923. The fourth-order valence-corrected chi connectivity index (χ4v) is 5.16. The van der Waals surface area contributed by atoms with Gasteiger partial charge in [0.25, 0.3) is 0 Å². The number of Topliss-reactive ketones (excluding diaryl/α,β-unsaturated/α-hetero) is 1. The zero-order valence-corrected chi connectivity index (χ0v) is 9.85. The molecule has 0 aromatic rings. The van der Waals surface area contributed by atoms with Crippen LogP contribution in [0.4, 0.5) is 0 Å². The molecule has 4 rings (SSSR count). The lowest BCUT2D eigenvalue weighted by Crippen LogP contribution is -2.52. The Hall–Kier alpha value is -0.450. The van der Waals surface area contributed by atoms with Crippen LogP contribution in [0.3, 0.4) is 0 Å². The van der Waals surface area contributed by atoms with E-state index in [0.29, 0.717) is 19.6 Å². The quantitative estimate of drug-likeness (QED) is 0.680. The summed E-state index contributed by atoms with van der Waals surface area (Å²) < 4.78 is 11.8. The summed E-state index contributed by atoms with van der Waals surface area (Å²) in [7, 11) is 0. The number of carbonyl (C=O) groups is 1. The second-order valence-corrected chi connectivity index (χ2v) is 5.93. The van der Waals surface area contributed by atoms with Gasteiger partial charge >= 0.3 is 0 Å². The Labute approximate surface area is 100 Å². The van der Waals surface area contributed by atoms with Gasteiger partial charge in [-0.15, -0.1) is 0 Å². The highest BCUT2D eigenvalue weighted by molar-refractivity contribution is 5.90. The third-order valence-electron chi connectivity index (χ3n) is 5.57.